The van der Waals surface area contributed by atoms with Gasteiger partial charge in [0.25, 0.3) is 0 Å². The molecule has 0 amide bonds. The van der Waals surface area contributed by atoms with Crippen LogP contribution in [0.15, 0.2) is 12.1 Å². The molecule has 0 aliphatic heterocycles. The Kier molecular flexibility index (Phi) is 3.64. The number of halogens is 1. The number of aromatic nitrogens is 5. The fourth-order valence-electron chi connectivity index (χ4n) is 1.63. The molecular formula is C10H9ClN8OS. The van der Waals surface area contributed by atoms with Crippen LogP contribution in [-0.2, 0) is 0 Å². The van der Waals surface area contributed by atoms with E-state index in [2.05, 4.69) is 34.4 Å². The van der Waals surface area contributed by atoms with Crippen LogP contribution >= 0.6 is 23.3 Å². The van der Waals surface area contributed by atoms with Gasteiger partial charge in [-0.2, -0.15) is 23.7 Å². The number of fused-ring (bicyclic) bond motifs is 1. The first kappa shape index (κ1) is 13.7. The lowest BCUT2D eigenvalue weighted by atomic mass is 10.2. The topological polar surface area (TPSA) is 124 Å². The van der Waals surface area contributed by atoms with E-state index in [1.165, 1.54) is 7.11 Å². The molecule has 0 fully saturated rings. The summed E-state index contributed by atoms with van der Waals surface area (Å²) < 4.78 is 13.3. The minimum atomic E-state index is 0.111. The van der Waals surface area contributed by atoms with Gasteiger partial charge in [0.15, 0.2) is 0 Å². The third kappa shape index (κ3) is 2.63. The van der Waals surface area contributed by atoms with E-state index < -0.39 is 0 Å². The van der Waals surface area contributed by atoms with Crippen LogP contribution in [0.5, 0.6) is 6.01 Å². The van der Waals surface area contributed by atoms with Crippen molar-refractivity contribution in [3.8, 4) is 6.01 Å². The monoisotopic (exact) mass is 324 g/mol. The number of nitrogen functional groups attached to an aromatic ring is 1. The summed E-state index contributed by atoms with van der Waals surface area (Å²) in [5, 5.41) is 3.45. The molecule has 0 aliphatic rings. The van der Waals surface area contributed by atoms with E-state index in [0.717, 1.165) is 17.2 Å². The summed E-state index contributed by atoms with van der Waals surface area (Å²) in [6.45, 7) is 0. The van der Waals surface area contributed by atoms with E-state index in [-0.39, 0.29) is 17.9 Å². The molecule has 9 nitrogen and oxygen atoms in total. The Hall–Kier alpha value is -2.30. The summed E-state index contributed by atoms with van der Waals surface area (Å²) in [6.07, 6.45) is 0. The molecule has 11 heteroatoms. The molecule has 1 aromatic carbocycles. The highest BCUT2D eigenvalue weighted by atomic mass is 35.5. The highest BCUT2D eigenvalue weighted by Crippen LogP contribution is 2.31. The Morgan fingerprint density at radius 2 is 2.00 bits per heavy atom. The lowest BCUT2D eigenvalue weighted by molar-refractivity contribution is 0.379. The Bertz CT molecular complexity index is 772. The second-order valence-corrected chi connectivity index (χ2v) is 4.73. The van der Waals surface area contributed by atoms with E-state index >= 15 is 0 Å². The van der Waals surface area contributed by atoms with Crippen molar-refractivity contribution in [1.29, 1.82) is 0 Å². The molecule has 21 heavy (non-hydrogen) atoms. The van der Waals surface area contributed by atoms with Gasteiger partial charge in [-0.15, -0.1) is 0 Å². The first-order valence-electron chi connectivity index (χ1n) is 5.65. The summed E-state index contributed by atoms with van der Waals surface area (Å²) in [5.74, 6) is 5.68. The first-order chi connectivity index (χ1) is 10.2. The molecule has 108 valence electrons. The van der Waals surface area contributed by atoms with Crippen LogP contribution in [0.2, 0.25) is 5.02 Å². The number of nitrogens with zero attached hydrogens (tertiary/aromatic N) is 5. The van der Waals surface area contributed by atoms with Gasteiger partial charge in [0.1, 0.15) is 11.0 Å². The predicted octanol–water partition coefficient (Wildman–Crippen LogP) is 1.57. The number of nitrogens with one attached hydrogen (secondary N) is 2. The van der Waals surface area contributed by atoms with E-state index in [0.29, 0.717) is 16.2 Å². The fraction of sp³-hybridized carbons (Fsp3) is 0.100. The standard InChI is InChI=1S/C10H9ClN8OS/c1-20-10-15-8(14-9(16-10)17-12)13-6-4(11)2-3-5-7(6)19-21-18-5/h2-3H,12H2,1H3,(H2,13,14,15,16,17). The predicted molar refractivity (Wildman–Crippen MR) is 79.9 cm³/mol. The third-order valence-electron chi connectivity index (χ3n) is 2.54. The Morgan fingerprint density at radius 1 is 1.19 bits per heavy atom. The summed E-state index contributed by atoms with van der Waals surface area (Å²) in [5.41, 5.74) is 4.25. The van der Waals surface area contributed by atoms with Gasteiger partial charge in [-0.3, -0.25) is 5.43 Å². The molecule has 0 bridgehead atoms. The largest absolute Gasteiger partial charge is 0.467 e. The van der Waals surface area contributed by atoms with Crippen molar-refractivity contribution in [2.45, 2.75) is 0 Å². The number of nitrogens with two attached hydrogens (primary N) is 1. The van der Waals surface area contributed by atoms with Crippen molar-refractivity contribution in [3.05, 3.63) is 17.2 Å². The zero-order chi connectivity index (χ0) is 14.8. The lowest BCUT2D eigenvalue weighted by Crippen LogP contribution is -2.13. The average molecular weight is 325 g/mol. The Morgan fingerprint density at radius 3 is 2.76 bits per heavy atom. The number of ether oxygens (including phenoxy) is 1. The molecular weight excluding hydrogens is 316 g/mol. The van der Waals surface area contributed by atoms with Crippen molar-refractivity contribution >= 4 is 51.9 Å². The number of hydrazine groups is 1. The first-order valence-corrected chi connectivity index (χ1v) is 6.76. The zero-order valence-corrected chi connectivity index (χ0v) is 12.2. The van der Waals surface area contributed by atoms with Crippen LogP contribution in [0.25, 0.3) is 11.0 Å². The summed E-state index contributed by atoms with van der Waals surface area (Å²) in [6, 6.07) is 3.61. The highest BCUT2D eigenvalue weighted by Gasteiger charge is 2.13. The highest BCUT2D eigenvalue weighted by molar-refractivity contribution is 7.00. The molecule has 3 rings (SSSR count). The van der Waals surface area contributed by atoms with E-state index in [4.69, 9.17) is 22.2 Å². The molecule has 0 saturated carbocycles. The van der Waals surface area contributed by atoms with Gasteiger partial charge in [-0.05, 0) is 12.1 Å². The molecule has 0 aliphatic carbocycles. The van der Waals surface area contributed by atoms with Gasteiger partial charge in [-0.1, -0.05) is 11.6 Å². The zero-order valence-electron chi connectivity index (χ0n) is 10.7. The smallest absolute Gasteiger partial charge is 0.322 e. The van der Waals surface area contributed by atoms with Crippen molar-refractivity contribution in [3.63, 3.8) is 0 Å². The summed E-state index contributed by atoms with van der Waals surface area (Å²) in [7, 11) is 1.44. The van der Waals surface area contributed by atoms with Crippen molar-refractivity contribution < 1.29 is 4.74 Å². The van der Waals surface area contributed by atoms with Crippen molar-refractivity contribution in [1.82, 2.24) is 23.7 Å². The van der Waals surface area contributed by atoms with Gasteiger partial charge >= 0.3 is 6.01 Å². The SMILES string of the molecule is COc1nc(NN)nc(Nc2c(Cl)ccc3nsnc23)n1. The number of methoxy groups -OCH3 is 1. The molecule has 2 aromatic heterocycles. The van der Waals surface area contributed by atoms with Crippen LogP contribution in [0.4, 0.5) is 17.6 Å². The van der Waals surface area contributed by atoms with Crippen LogP contribution in [0.1, 0.15) is 0 Å². The lowest BCUT2D eigenvalue weighted by Gasteiger charge is -2.09. The van der Waals surface area contributed by atoms with Crippen LogP contribution < -0.4 is 21.3 Å². The molecule has 0 radical (unpaired) electrons. The minimum Gasteiger partial charge on any atom is -0.467 e. The number of hydrogen-bond acceptors (Lipinski definition) is 10. The van der Waals surface area contributed by atoms with Gasteiger partial charge in [0, 0.05) is 0 Å². The normalized spacial score (nSPS) is 10.6. The molecule has 2 heterocycles. The minimum absolute atomic E-state index is 0.111. The van der Waals surface area contributed by atoms with Crippen molar-refractivity contribution in [2.75, 3.05) is 17.9 Å². The molecule has 0 spiro atoms. The van der Waals surface area contributed by atoms with E-state index in [1.807, 2.05) is 0 Å². The number of anilines is 3. The fourth-order valence-corrected chi connectivity index (χ4v) is 2.37. The molecule has 0 atom stereocenters. The van der Waals surface area contributed by atoms with Crippen LogP contribution in [0.3, 0.4) is 0 Å². The van der Waals surface area contributed by atoms with Gasteiger partial charge in [-0.25, -0.2) is 5.84 Å². The molecule has 0 saturated heterocycles. The van der Waals surface area contributed by atoms with Crippen molar-refractivity contribution in [2.24, 2.45) is 5.84 Å². The number of hydrogen-bond donors (Lipinski definition) is 3. The third-order valence-corrected chi connectivity index (χ3v) is 3.40. The molecule has 3 aromatic rings. The van der Waals surface area contributed by atoms with E-state index in [9.17, 15) is 0 Å². The second kappa shape index (κ2) is 5.60. The number of benzene rings is 1. The summed E-state index contributed by atoms with van der Waals surface area (Å²) in [4.78, 5) is 12.1. The number of rotatable bonds is 4. The van der Waals surface area contributed by atoms with Gasteiger partial charge in [0.2, 0.25) is 11.9 Å². The van der Waals surface area contributed by atoms with Crippen LogP contribution in [-0.4, -0.2) is 30.8 Å². The summed E-state index contributed by atoms with van der Waals surface area (Å²) >= 11 is 7.28. The van der Waals surface area contributed by atoms with Crippen LogP contribution in [0, 0.1) is 0 Å². The maximum absolute atomic E-state index is 6.19. The second-order valence-electron chi connectivity index (χ2n) is 3.79. The molecule has 4 N–H and O–H groups in total. The van der Waals surface area contributed by atoms with Gasteiger partial charge < -0.3 is 10.1 Å². The Labute approximate surface area is 127 Å². The quantitative estimate of drug-likeness (QED) is 0.484. The molecule has 0 unspecified atom stereocenters. The Balaban J connectivity index is 2.06. The maximum Gasteiger partial charge on any atom is 0.322 e. The van der Waals surface area contributed by atoms with Gasteiger partial charge in [0.05, 0.1) is 29.5 Å². The van der Waals surface area contributed by atoms with E-state index in [1.54, 1.807) is 12.1 Å². The average Bonchev–Trinajstić information content (AvgIpc) is 2.98. The maximum atomic E-state index is 6.19.